The number of sulfone groups is 1. The third-order valence-electron chi connectivity index (χ3n) is 5.32. The first-order valence-corrected chi connectivity index (χ1v) is 14.0. The first kappa shape index (κ1) is 24.2. The van der Waals surface area contributed by atoms with E-state index in [2.05, 4.69) is 25.4 Å². The molecule has 3 N–H and O–H groups in total. The zero-order chi connectivity index (χ0) is 25.1. The molecule has 14 heteroatoms. The summed E-state index contributed by atoms with van der Waals surface area (Å²) in [5, 5.41) is 8.98. The van der Waals surface area contributed by atoms with Gasteiger partial charge in [0, 0.05) is 23.7 Å². The molecular weight excluding hydrogens is 524 g/mol. The summed E-state index contributed by atoms with van der Waals surface area (Å²) in [6, 6.07) is 9.29. The van der Waals surface area contributed by atoms with Gasteiger partial charge in [0.2, 0.25) is 0 Å². The van der Waals surface area contributed by atoms with Crippen molar-refractivity contribution in [3.05, 3.63) is 58.5 Å². The molecule has 0 saturated carbocycles. The number of nitrogens with one attached hydrogen (secondary N) is 1. The predicted molar refractivity (Wildman–Crippen MR) is 137 cm³/mol. The number of amides is 1. The molecule has 1 atom stereocenters. The second-order valence-electron chi connectivity index (χ2n) is 7.73. The fourth-order valence-corrected chi connectivity index (χ4v) is 6.44. The van der Waals surface area contributed by atoms with E-state index in [1.54, 1.807) is 23.7 Å². The van der Waals surface area contributed by atoms with Crippen LogP contribution in [0.1, 0.15) is 17.0 Å². The smallest absolute Gasteiger partial charge is 0.280 e. The molecule has 0 bridgehead atoms. The number of ether oxygens (including phenoxy) is 1. The number of oxime groups is 1. The number of nitrogen functional groups attached to an aromatic ring is 1. The number of rotatable bonds is 8. The monoisotopic (exact) mass is 544 g/mol. The number of pyridine rings is 1. The fraction of sp³-hybridized carbons (Fsp3) is 0.227. The zero-order valence-electron chi connectivity index (χ0n) is 18.7. The Bertz CT molecular complexity index is 1510. The normalized spacial score (nSPS) is 16.3. The molecule has 1 fully saturated rings. The van der Waals surface area contributed by atoms with E-state index in [1.165, 1.54) is 35.6 Å². The van der Waals surface area contributed by atoms with Gasteiger partial charge in [-0.2, -0.15) is 0 Å². The number of benzene rings is 1. The minimum atomic E-state index is -3.54. The maximum atomic E-state index is 13.2. The van der Waals surface area contributed by atoms with Crippen LogP contribution in [0.2, 0.25) is 0 Å². The summed E-state index contributed by atoms with van der Waals surface area (Å²) in [6.07, 6.45) is 2.09. The van der Waals surface area contributed by atoms with Crippen LogP contribution in [0.15, 0.2) is 58.0 Å². The Hall–Kier alpha value is -3.46. The molecule has 1 saturated heterocycles. The summed E-state index contributed by atoms with van der Waals surface area (Å²) in [7, 11) is -3.54. The van der Waals surface area contributed by atoms with Crippen LogP contribution >= 0.6 is 22.7 Å². The van der Waals surface area contributed by atoms with Crippen molar-refractivity contribution < 1.29 is 22.8 Å². The lowest BCUT2D eigenvalue weighted by Gasteiger charge is -2.11. The number of carbonyl (C=O) groups is 1. The summed E-state index contributed by atoms with van der Waals surface area (Å²) >= 11 is 2.56. The molecule has 11 nitrogen and oxygen atoms in total. The SMILES string of the molecule is Nc1ccc2nc(NC(=O)C(=NOCc3nccs3)c3ccc(S(=O)(=O)[C@H]4CCOC4)cc3)sc2n1. The van der Waals surface area contributed by atoms with Gasteiger partial charge in [-0.25, -0.2) is 23.4 Å². The van der Waals surface area contributed by atoms with Gasteiger partial charge >= 0.3 is 0 Å². The molecule has 1 amide bonds. The Morgan fingerprint density at radius 2 is 2.06 bits per heavy atom. The first-order chi connectivity index (χ1) is 17.4. The average molecular weight is 545 g/mol. The van der Waals surface area contributed by atoms with Gasteiger partial charge in [0.25, 0.3) is 5.91 Å². The third kappa shape index (κ3) is 5.21. The van der Waals surface area contributed by atoms with Crippen molar-refractivity contribution in [3.8, 4) is 0 Å². The minimum Gasteiger partial charge on any atom is -0.388 e. The van der Waals surface area contributed by atoms with E-state index >= 15 is 0 Å². The number of aromatic nitrogens is 3. The van der Waals surface area contributed by atoms with Crippen LogP contribution in [0.3, 0.4) is 0 Å². The van der Waals surface area contributed by atoms with E-state index in [0.29, 0.717) is 44.9 Å². The Balaban J connectivity index is 1.40. The zero-order valence-corrected chi connectivity index (χ0v) is 21.1. The summed E-state index contributed by atoms with van der Waals surface area (Å²) < 4.78 is 31.0. The number of anilines is 2. The second kappa shape index (κ2) is 10.3. The van der Waals surface area contributed by atoms with Crippen molar-refractivity contribution >= 4 is 65.4 Å². The van der Waals surface area contributed by atoms with Gasteiger partial charge in [-0.3, -0.25) is 10.1 Å². The fourth-order valence-electron chi connectivity index (χ4n) is 3.50. The number of thiazole rings is 2. The number of nitrogens with two attached hydrogens (primary N) is 1. The molecule has 0 spiro atoms. The van der Waals surface area contributed by atoms with Gasteiger partial charge in [-0.1, -0.05) is 28.6 Å². The molecule has 0 unspecified atom stereocenters. The lowest BCUT2D eigenvalue weighted by atomic mass is 10.1. The van der Waals surface area contributed by atoms with Crippen LogP contribution < -0.4 is 11.1 Å². The molecule has 5 rings (SSSR count). The molecule has 1 aromatic carbocycles. The maximum Gasteiger partial charge on any atom is 0.280 e. The van der Waals surface area contributed by atoms with Crippen molar-refractivity contribution in [2.24, 2.45) is 5.16 Å². The highest BCUT2D eigenvalue weighted by Crippen LogP contribution is 2.26. The highest BCUT2D eigenvalue weighted by molar-refractivity contribution is 7.92. The Morgan fingerprint density at radius 3 is 2.78 bits per heavy atom. The lowest BCUT2D eigenvalue weighted by molar-refractivity contribution is -0.110. The van der Waals surface area contributed by atoms with Gasteiger partial charge in [0.1, 0.15) is 21.2 Å². The van der Waals surface area contributed by atoms with Crippen molar-refractivity contribution in [3.63, 3.8) is 0 Å². The van der Waals surface area contributed by atoms with Gasteiger partial charge in [0.15, 0.2) is 27.3 Å². The van der Waals surface area contributed by atoms with E-state index in [9.17, 15) is 13.2 Å². The molecule has 186 valence electrons. The van der Waals surface area contributed by atoms with Gasteiger partial charge in [-0.05, 0) is 30.7 Å². The van der Waals surface area contributed by atoms with Crippen LogP contribution in [0.4, 0.5) is 10.9 Å². The van der Waals surface area contributed by atoms with Crippen molar-refractivity contribution in [1.82, 2.24) is 15.0 Å². The van der Waals surface area contributed by atoms with Crippen LogP contribution in [0, 0.1) is 0 Å². The van der Waals surface area contributed by atoms with Crippen LogP contribution in [0.5, 0.6) is 0 Å². The van der Waals surface area contributed by atoms with Gasteiger partial charge in [-0.15, -0.1) is 11.3 Å². The van der Waals surface area contributed by atoms with E-state index in [4.69, 9.17) is 15.3 Å². The summed E-state index contributed by atoms with van der Waals surface area (Å²) in [5.41, 5.74) is 6.64. The first-order valence-electron chi connectivity index (χ1n) is 10.7. The van der Waals surface area contributed by atoms with Crippen molar-refractivity contribution in [2.45, 2.75) is 23.2 Å². The number of hydrogen-bond donors (Lipinski definition) is 2. The summed E-state index contributed by atoms with van der Waals surface area (Å²) in [5.74, 6) is -0.234. The highest BCUT2D eigenvalue weighted by atomic mass is 32.2. The number of hydrogen-bond acceptors (Lipinski definition) is 12. The molecule has 4 aromatic rings. The largest absolute Gasteiger partial charge is 0.388 e. The molecule has 3 aromatic heterocycles. The molecule has 0 radical (unpaired) electrons. The molecule has 1 aliphatic rings. The van der Waals surface area contributed by atoms with Crippen LogP contribution in [-0.2, 0) is 30.8 Å². The molecular formula is C22H20N6O5S3. The minimum absolute atomic E-state index is 0.0496. The lowest BCUT2D eigenvalue weighted by Crippen LogP contribution is -2.25. The molecule has 4 heterocycles. The number of fused-ring (bicyclic) bond motifs is 1. The summed E-state index contributed by atoms with van der Waals surface area (Å²) in [6.45, 7) is 0.669. The molecule has 36 heavy (non-hydrogen) atoms. The molecule has 1 aliphatic heterocycles. The maximum absolute atomic E-state index is 13.2. The number of carbonyl (C=O) groups excluding carboxylic acids is 1. The van der Waals surface area contributed by atoms with E-state index in [1.807, 2.05) is 0 Å². The van der Waals surface area contributed by atoms with Gasteiger partial charge in [0.05, 0.1) is 16.8 Å². The van der Waals surface area contributed by atoms with Crippen LogP contribution in [-0.4, -0.2) is 53.5 Å². The Labute approximate surface area is 213 Å². The summed E-state index contributed by atoms with van der Waals surface area (Å²) in [4.78, 5) is 32.0. The quantitative estimate of drug-likeness (QED) is 0.251. The van der Waals surface area contributed by atoms with Gasteiger partial charge < -0.3 is 15.3 Å². The van der Waals surface area contributed by atoms with Crippen LogP contribution in [0.25, 0.3) is 10.3 Å². The highest BCUT2D eigenvalue weighted by Gasteiger charge is 2.31. The Morgan fingerprint density at radius 1 is 1.22 bits per heavy atom. The van der Waals surface area contributed by atoms with E-state index in [0.717, 1.165) is 11.3 Å². The van der Waals surface area contributed by atoms with Crippen molar-refractivity contribution in [2.75, 3.05) is 24.3 Å². The second-order valence-corrected chi connectivity index (χ2v) is 11.9. The third-order valence-corrected chi connectivity index (χ3v) is 9.14. The predicted octanol–water partition coefficient (Wildman–Crippen LogP) is 2.85. The van der Waals surface area contributed by atoms with E-state index in [-0.39, 0.29) is 23.8 Å². The Kier molecular flexibility index (Phi) is 6.91. The van der Waals surface area contributed by atoms with Crippen molar-refractivity contribution in [1.29, 1.82) is 0 Å². The average Bonchev–Trinajstić information content (AvgIpc) is 3.64. The number of nitrogens with zero attached hydrogens (tertiary/aromatic N) is 4. The standard InChI is InChI=1S/C22H20N6O5S3/c23-17-6-5-16-21(26-17)35-22(25-16)27-20(29)19(28-33-12-18-24-8-10-34-18)13-1-3-14(4-2-13)36(30,31)15-7-9-32-11-15/h1-6,8,10,15H,7,9,11-12H2,(H2,23,26)(H,25,27,29)/t15-/m0/s1. The van der Waals surface area contributed by atoms with E-state index < -0.39 is 21.0 Å². The topological polar surface area (TPSA) is 159 Å². The molecule has 0 aliphatic carbocycles.